The molecule has 8 atom stereocenters. The van der Waals surface area contributed by atoms with Crippen molar-refractivity contribution in [3.63, 3.8) is 0 Å². The van der Waals surface area contributed by atoms with E-state index in [1.807, 2.05) is 0 Å². The van der Waals surface area contributed by atoms with Gasteiger partial charge in [0.25, 0.3) is 0 Å². The fourth-order valence-corrected chi connectivity index (χ4v) is 9.31. The molecule has 0 saturated heterocycles. The predicted molar refractivity (Wildman–Crippen MR) is 129 cm³/mol. The monoisotopic (exact) mass is 470 g/mol. The zero-order valence-electron chi connectivity index (χ0n) is 21.9. The maximum Gasteiger partial charge on any atom is 0.417 e. The first kappa shape index (κ1) is 25.8. The second-order valence-corrected chi connectivity index (χ2v) is 14.4. The molecule has 4 aliphatic rings. The van der Waals surface area contributed by atoms with Crippen LogP contribution in [0.15, 0.2) is 0 Å². The molecule has 0 amide bonds. The molecule has 1 nitrogen and oxygen atoms in total. The lowest BCUT2D eigenvalue weighted by Gasteiger charge is -2.62. The highest BCUT2D eigenvalue weighted by atomic mass is 19.4. The van der Waals surface area contributed by atoms with Gasteiger partial charge in [-0.3, -0.25) is 0 Å². The Labute approximate surface area is 200 Å². The molecule has 4 heteroatoms. The Morgan fingerprint density at radius 2 is 1.48 bits per heavy atom. The third-order valence-corrected chi connectivity index (χ3v) is 11.4. The molecule has 4 aliphatic carbocycles. The molecule has 0 spiro atoms. The van der Waals surface area contributed by atoms with Gasteiger partial charge in [-0.05, 0) is 116 Å². The van der Waals surface area contributed by atoms with E-state index in [4.69, 9.17) is 0 Å². The molecule has 0 aromatic rings. The highest BCUT2D eigenvalue weighted by Gasteiger charge is 2.64. The van der Waals surface area contributed by atoms with E-state index < -0.39 is 11.8 Å². The molecular weight excluding hydrogens is 421 g/mol. The van der Waals surface area contributed by atoms with E-state index in [9.17, 15) is 18.3 Å². The van der Waals surface area contributed by atoms with Gasteiger partial charge in [0.15, 0.2) is 5.60 Å². The molecule has 4 saturated carbocycles. The quantitative estimate of drug-likeness (QED) is 0.398. The lowest BCUT2D eigenvalue weighted by atomic mass is 9.43. The molecule has 1 N–H and O–H groups in total. The number of aliphatic hydroxyl groups is 1. The summed E-state index contributed by atoms with van der Waals surface area (Å²) in [5, 5.41) is 10.4. The smallest absolute Gasteiger partial charge is 0.380 e. The number of hydrogen-bond acceptors (Lipinski definition) is 1. The Balaban J connectivity index is 1.39. The molecule has 4 rings (SSSR count). The first-order chi connectivity index (χ1) is 15.2. The third kappa shape index (κ3) is 4.65. The summed E-state index contributed by atoms with van der Waals surface area (Å²) in [5.41, 5.74) is -1.60. The standard InChI is InChI=1S/C29H49F3O/c1-25(2,3)15-8-6-7-9-20-11-13-23-22-12-10-21-19-28(33,29(30,31)32)18-17-27(21,5)24(22)14-16-26(20,23)4/h20-24,33H,6-19H2,1-5H3/t20-,21?,22?,23?,24?,26?,27?,28+/m1/s1. The normalized spacial score (nSPS) is 45.9. The lowest BCUT2D eigenvalue weighted by molar-refractivity contribution is -0.290. The zero-order chi connectivity index (χ0) is 24.3. The van der Waals surface area contributed by atoms with E-state index in [1.54, 1.807) is 0 Å². The van der Waals surface area contributed by atoms with Gasteiger partial charge in [0.1, 0.15) is 0 Å². The molecule has 0 radical (unpaired) electrons. The average Bonchev–Trinajstić information content (AvgIpc) is 3.03. The topological polar surface area (TPSA) is 20.2 Å². The number of hydrogen-bond donors (Lipinski definition) is 1. The van der Waals surface area contributed by atoms with E-state index in [1.165, 1.54) is 57.8 Å². The Kier molecular flexibility index (Phi) is 6.81. The van der Waals surface area contributed by atoms with Gasteiger partial charge in [0.05, 0.1) is 0 Å². The van der Waals surface area contributed by atoms with E-state index in [0.717, 1.165) is 24.7 Å². The first-order valence-electron chi connectivity index (χ1n) is 14.0. The molecule has 192 valence electrons. The lowest BCUT2D eigenvalue weighted by Crippen LogP contribution is -2.59. The fraction of sp³-hybridized carbons (Fsp3) is 1.00. The second-order valence-electron chi connectivity index (χ2n) is 14.4. The third-order valence-electron chi connectivity index (χ3n) is 11.4. The summed E-state index contributed by atoms with van der Waals surface area (Å²) >= 11 is 0. The van der Waals surface area contributed by atoms with Crippen LogP contribution in [-0.4, -0.2) is 16.9 Å². The van der Waals surface area contributed by atoms with Crippen molar-refractivity contribution in [3.8, 4) is 0 Å². The average molecular weight is 471 g/mol. The number of halogens is 3. The Morgan fingerprint density at radius 1 is 0.788 bits per heavy atom. The molecule has 4 fully saturated rings. The number of alkyl halides is 3. The fourth-order valence-electron chi connectivity index (χ4n) is 9.31. The summed E-state index contributed by atoms with van der Waals surface area (Å²) in [6, 6.07) is 0. The van der Waals surface area contributed by atoms with Gasteiger partial charge >= 0.3 is 6.18 Å². The van der Waals surface area contributed by atoms with Crippen molar-refractivity contribution in [2.75, 3.05) is 0 Å². The van der Waals surface area contributed by atoms with Crippen molar-refractivity contribution in [1.29, 1.82) is 0 Å². The van der Waals surface area contributed by atoms with Crippen LogP contribution in [0.3, 0.4) is 0 Å². The minimum absolute atomic E-state index is 0.0171. The first-order valence-corrected chi connectivity index (χ1v) is 14.0. The highest BCUT2D eigenvalue weighted by Crippen LogP contribution is 2.69. The Morgan fingerprint density at radius 3 is 2.15 bits per heavy atom. The van der Waals surface area contributed by atoms with Gasteiger partial charge in [-0.1, -0.05) is 53.9 Å². The summed E-state index contributed by atoms with van der Waals surface area (Å²) in [6.45, 7) is 11.9. The van der Waals surface area contributed by atoms with E-state index in [2.05, 4.69) is 34.6 Å². The van der Waals surface area contributed by atoms with Gasteiger partial charge in [-0.15, -0.1) is 0 Å². The van der Waals surface area contributed by atoms with Crippen LogP contribution in [0.2, 0.25) is 0 Å². The zero-order valence-corrected chi connectivity index (χ0v) is 21.9. The number of fused-ring (bicyclic) bond motifs is 5. The van der Waals surface area contributed by atoms with Crippen LogP contribution < -0.4 is 0 Å². The van der Waals surface area contributed by atoms with Crippen molar-refractivity contribution in [1.82, 2.24) is 0 Å². The summed E-state index contributed by atoms with van der Waals surface area (Å²) in [6.07, 6.45) is 9.68. The summed E-state index contributed by atoms with van der Waals surface area (Å²) in [4.78, 5) is 0. The van der Waals surface area contributed by atoms with Gasteiger partial charge in [0.2, 0.25) is 0 Å². The van der Waals surface area contributed by atoms with Gasteiger partial charge in [-0.2, -0.15) is 13.2 Å². The molecule has 33 heavy (non-hydrogen) atoms. The van der Waals surface area contributed by atoms with Crippen LogP contribution in [0.1, 0.15) is 125 Å². The Hall–Kier alpha value is -0.250. The summed E-state index contributed by atoms with van der Waals surface area (Å²) < 4.78 is 40.7. The second kappa shape index (κ2) is 8.70. The maximum absolute atomic E-state index is 13.6. The molecule has 0 bridgehead atoms. The highest BCUT2D eigenvalue weighted by molar-refractivity contribution is 5.11. The van der Waals surface area contributed by atoms with Crippen LogP contribution in [0.5, 0.6) is 0 Å². The predicted octanol–water partition coefficient (Wildman–Crippen LogP) is 8.94. The summed E-state index contributed by atoms with van der Waals surface area (Å²) in [7, 11) is 0. The molecule has 0 aliphatic heterocycles. The van der Waals surface area contributed by atoms with Crippen molar-refractivity contribution in [2.24, 2.45) is 45.8 Å². The van der Waals surface area contributed by atoms with Gasteiger partial charge < -0.3 is 5.11 Å². The minimum Gasteiger partial charge on any atom is -0.380 e. The SMILES string of the molecule is CC(C)(C)CCCCC[C@@H]1CCC2C3CCC4C[C@](O)(C(F)(F)F)CCC4(C)C3CCC21C. The van der Waals surface area contributed by atoms with E-state index >= 15 is 0 Å². The van der Waals surface area contributed by atoms with Crippen LogP contribution in [-0.2, 0) is 0 Å². The van der Waals surface area contributed by atoms with E-state index in [0.29, 0.717) is 29.1 Å². The van der Waals surface area contributed by atoms with Crippen LogP contribution >= 0.6 is 0 Å². The van der Waals surface area contributed by atoms with Crippen molar-refractivity contribution >= 4 is 0 Å². The maximum atomic E-state index is 13.6. The van der Waals surface area contributed by atoms with E-state index in [-0.39, 0.29) is 24.2 Å². The van der Waals surface area contributed by atoms with Gasteiger partial charge in [0, 0.05) is 0 Å². The van der Waals surface area contributed by atoms with Crippen molar-refractivity contribution in [2.45, 2.75) is 136 Å². The summed E-state index contributed by atoms with van der Waals surface area (Å²) in [5.74, 6) is 2.86. The molecule has 0 aromatic heterocycles. The van der Waals surface area contributed by atoms with Gasteiger partial charge in [-0.25, -0.2) is 0 Å². The molecule has 6 unspecified atom stereocenters. The van der Waals surface area contributed by atoms with Crippen molar-refractivity contribution in [3.05, 3.63) is 0 Å². The van der Waals surface area contributed by atoms with Crippen LogP contribution in [0.25, 0.3) is 0 Å². The van der Waals surface area contributed by atoms with Crippen molar-refractivity contribution < 1.29 is 18.3 Å². The number of rotatable bonds is 5. The largest absolute Gasteiger partial charge is 0.417 e. The van der Waals surface area contributed by atoms with Crippen LogP contribution in [0, 0.1) is 45.8 Å². The Bertz CT molecular complexity index is 696. The molecule has 0 heterocycles. The number of unbranched alkanes of at least 4 members (excludes halogenated alkanes) is 2. The van der Waals surface area contributed by atoms with Crippen LogP contribution in [0.4, 0.5) is 13.2 Å². The molecular formula is C29H49F3O. The minimum atomic E-state index is -4.50. The molecule has 0 aromatic carbocycles.